The Balaban J connectivity index is 3.47. The van der Waals surface area contributed by atoms with Crippen molar-refractivity contribution in [3.63, 3.8) is 0 Å². The zero-order valence-electron chi connectivity index (χ0n) is 12.6. The third-order valence-corrected chi connectivity index (χ3v) is 3.81. The molecule has 4 N–H and O–H groups in total. The van der Waals surface area contributed by atoms with Gasteiger partial charge in [-0.2, -0.15) is 0 Å². The Hall–Kier alpha value is -1.14. The van der Waals surface area contributed by atoms with E-state index in [9.17, 15) is 9.59 Å². The summed E-state index contributed by atoms with van der Waals surface area (Å²) in [7, 11) is 0. The van der Waals surface area contributed by atoms with Gasteiger partial charge in [0, 0.05) is 0 Å². The van der Waals surface area contributed by atoms with E-state index in [1.165, 1.54) is 4.90 Å². The maximum atomic E-state index is 12.4. The smallest absolute Gasteiger partial charge is 0.246 e. The van der Waals surface area contributed by atoms with Crippen LogP contribution >= 0.6 is 0 Å². The van der Waals surface area contributed by atoms with Gasteiger partial charge in [-0.05, 0) is 26.2 Å². The predicted molar refractivity (Wildman–Crippen MR) is 71.9 cm³/mol. The molecule has 110 valence electrons. The van der Waals surface area contributed by atoms with Gasteiger partial charge in [-0.3, -0.25) is 14.5 Å². The second-order valence-electron chi connectivity index (χ2n) is 6.67. The van der Waals surface area contributed by atoms with Crippen LogP contribution < -0.4 is 11.5 Å². The third-order valence-electron chi connectivity index (χ3n) is 3.81. The fourth-order valence-electron chi connectivity index (χ4n) is 2.63. The zero-order chi connectivity index (χ0) is 15.2. The van der Waals surface area contributed by atoms with E-state index in [1.807, 2.05) is 20.8 Å². The summed E-state index contributed by atoms with van der Waals surface area (Å²) in [6.07, 6.45) is 0. The molecule has 2 amide bonds. The van der Waals surface area contributed by atoms with Crippen molar-refractivity contribution in [1.29, 1.82) is 0 Å². The lowest BCUT2D eigenvalue weighted by molar-refractivity contribution is -0.161. The van der Waals surface area contributed by atoms with Gasteiger partial charge < -0.3 is 16.2 Å². The second-order valence-corrected chi connectivity index (χ2v) is 6.67. The first-order valence-electron chi connectivity index (χ1n) is 6.41. The van der Waals surface area contributed by atoms with Gasteiger partial charge in [-0.25, -0.2) is 0 Å². The summed E-state index contributed by atoms with van der Waals surface area (Å²) in [5.74, 6) is -0.907. The molecule has 2 atom stereocenters. The normalized spacial score (nSPS) is 28.3. The van der Waals surface area contributed by atoms with Gasteiger partial charge >= 0.3 is 0 Å². The van der Waals surface area contributed by atoms with E-state index in [0.29, 0.717) is 0 Å². The molecule has 1 heterocycles. The molecule has 19 heavy (non-hydrogen) atoms. The number of nitrogens with two attached hydrogens (primary N) is 2. The van der Waals surface area contributed by atoms with Crippen LogP contribution in [0.3, 0.4) is 0 Å². The van der Waals surface area contributed by atoms with E-state index < -0.39 is 28.6 Å². The van der Waals surface area contributed by atoms with Gasteiger partial charge in [-0.15, -0.1) is 0 Å². The first-order chi connectivity index (χ1) is 8.38. The second kappa shape index (κ2) is 4.45. The number of ether oxygens (including phenoxy) is 1. The highest BCUT2D eigenvalue weighted by Gasteiger charge is 2.63. The number of primary amides is 1. The van der Waals surface area contributed by atoms with Crippen molar-refractivity contribution in [1.82, 2.24) is 4.90 Å². The molecule has 0 aromatic heterocycles. The van der Waals surface area contributed by atoms with Crippen LogP contribution in [0.5, 0.6) is 0 Å². The summed E-state index contributed by atoms with van der Waals surface area (Å²) < 4.78 is 5.68. The molecule has 0 aromatic rings. The summed E-state index contributed by atoms with van der Waals surface area (Å²) in [5.41, 5.74) is 8.66. The Labute approximate surface area is 114 Å². The molecule has 0 aliphatic carbocycles. The summed E-state index contributed by atoms with van der Waals surface area (Å²) >= 11 is 0. The highest BCUT2D eigenvalue weighted by atomic mass is 16.5. The van der Waals surface area contributed by atoms with Crippen molar-refractivity contribution in [3.8, 4) is 0 Å². The molecule has 1 saturated heterocycles. The van der Waals surface area contributed by atoms with Crippen LogP contribution in [-0.4, -0.2) is 40.6 Å². The van der Waals surface area contributed by atoms with Crippen molar-refractivity contribution in [2.75, 3.05) is 6.61 Å². The van der Waals surface area contributed by atoms with E-state index in [1.54, 1.807) is 20.8 Å². The highest BCUT2D eigenvalue weighted by Crippen LogP contribution is 2.45. The van der Waals surface area contributed by atoms with Gasteiger partial charge in [0.2, 0.25) is 11.8 Å². The van der Waals surface area contributed by atoms with E-state index in [0.717, 1.165) is 0 Å². The molecule has 0 bridgehead atoms. The Bertz CT molecular complexity index is 398. The van der Waals surface area contributed by atoms with Gasteiger partial charge in [0.05, 0.1) is 12.6 Å². The van der Waals surface area contributed by atoms with Crippen LogP contribution in [0, 0.1) is 5.41 Å². The lowest BCUT2D eigenvalue weighted by atomic mass is 9.72. The third kappa shape index (κ3) is 2.23. The zero-order valence-corrected chi connectivity index (χ0v) is 12.6. The Morgan fingerprint density at radius 1 is 1.32 bits per heavy atom. The van der Waals surface area contributed by atoms with Crippen LogP contribution in [0.1, 0.15) is 41.5 Å². The summed E-state index contributed by atoms with van der Waals surface area (Å²) in [6.45, 7) is 10.7. The predicted octanol–water partition coefficient (Wildman–Crippen LogP) is 0.199. The maximum absolute atomic E-state index is 12.4. The Morgan fingerprint density at radius 3 is 2.11 bits per heavy atom. The minimum absolute atomic E-state index is 0.0806. The number of amides is 2. The monoisotopic (exact) mass is 271 g/mol. The molecular weight excluding hydrogens is 246 g/mol. The van der Waals surface area contributed by atoms with Gasteiger partial charge in [0.25, 0.3) is 0 Å². The van der Waals surface area contributed by atoms with E-state index in [-0.39, 0.29) is 12.5 Å². The molecule has 1 fully saturated rings. The molecule has 6 heteroatoms. The van der Waals surface area contributed by atoms with Gasteiger partial charge in [0.15, 0.2) is 5.54 Å². The van der Waals surface area contributed by atoms with Crippen molar-refractivity contribution in [2.24, 2.45) is 16.9 Å². The number of carbonyl (C=O) groups is 2. The van der Waals surface area contributed by atoms with Crippen molar-refractivity contribution in [3.05, 3.63) is 0 Å². The summed E-state index contributed by atoms with van der Waals surface area (Å²) in [6, 6.07) is -0.720. The molecule has 1 aliphatic rings. The average Bonchev–Trinajstić information content (AvgIpc) is 2.48. The van der Waals surface area contributed by atoms with E-state index >= 15 is 0 Å². The molecule has 6 nitrogen and oxygen atoms in total. The largest absolute Gasteiger partial charge is 0.368 e. The van der Waals surface area contributed by atoms with Gasteiger partial charge in [0.1, 0.15) is 5.72 Å². The van der Waals surface area contributed by atoms with E-state index in [4.69, 9.17) is 16.2 Å². The lowest BCUT2D eigenvalue weighted by Gasteiger charge is -2.47. The molecule has 0 aromatic carbocycles. The van der Waals surface area contributed by atoms with Crippen LogP contribution in [0.4, 0.5) is 0 Å². The fourth-order valence-corrected chi connectivity index (χ4v) is 2.63. The minimum atomic E-state index is -1.19. The number of nitrogens with zero attached hydrogens (tertiary/aromatic N) is 1. The van der Waals surface area contributed by atoms with Crippen LogP contribution in [0.2, 0.25) is 0 Å². The fraction of sp³-hybridized carbons (Fsp3) is 0.846. The molecule has 1 aliphatic heterocycles. The number of hydrogen-bond acceptors (Lipinski definition) is 4. The van der Waals surface area contributed by atoms with Crippen LogP contribution in [0.25, 0.3) is 0 Å². The first-order valence-corrected chi connectivity index (χ1v) is 6.41. The maximum Gasteiger partial charge on any atom is 0.246 e. The molecule has 0 unspecified atom stereocenters. The van der Waals surface area contributed by atoms with Crippen LogP contribution in [0.15, 0.2) is 0 Å². The Morgan fingerprint density at radius 2 is 1.79 bits per heavy atom. The van der Waals surface area contributed by atoms with E-state index in [2.05, 4.69) is 0 Å². The number of carbonyl (C=O) groups excluding carboxylic acids is 2. The summed E-state index contributed by atoms with van der Waals surface area (Å²) in [5, 5.41) is 0. The molecule has 0 spiro atoms. The molecule has 0 saturated carbocycles. The molecule has 1 rings (SSSR count). The standard InChI is InChI=1S/C13H25N3O3/c1-8(14)9(17)16-12(5,6)19-7-13(16,10(15)18)11(2,3)4/h8H,7,14H2,1-6H3,(H2,15,18)/t8-,13+/m0/s1. The SMILES string of the molecule is C[C@H](N)C(=O)N1C(C)(C)OC[C@@]1(C(N)=O)C(C)(C)C. The number of hydrogen-bond donors (Lipinski definition) is 2. The van der Waals surface area contributed by atoms with Crippen molar-refractivity contribution < 1.29 is 14.3 Å². The van der Waals surface area contributed by atoms with Crippen molar-refractivity contribution >= 4 is 11.8 Å². The molecule has 0 radical (unpaired) electrons. The average molecular weight is 271 g/mol. The quantitative estimate of drug-likeness (QED) is 0.749. The Kier molecular flexibility index (Phi) is 3.73. The van der Waals surface area contributed by atoms with Gasteiger partial charge in [-0.1, -0.05) is 20.8 Å². The summed E-state index contributed by atoms with van der Waals surface area (Å²) in [4.78, 5) is 26.0. The first kappa shape index (κ1) is 15.9. The minimum Gasteiger partial charge on any atom is -0.368 e. The lowest BCUT2D eigenvalue weighted by Crippen LogP contribution is -2.69. The van der Waals surface area contributed by atoms with Crippen molar-refractivity contribution in [2.45, 2.75) is 58.8 Å². The molecular formula is C13H25N3O3. The van der Waals surface area contributed by atoms with Crippen LogP contribution in [-0.2, 0) is 14.3 Å². The topological polar surface area (TPSA) is 98.7 Å². The highest BCUT2D eigenvalue weighted by molar-refractivity contribution is 5.94. The number of rotatable bonds is 2.